The van der Waals surface area contributed by atoms with E-state index in [4.69, 9.17) is 9.73 Å². The molecule has 8 heteroatoms. The van der Waals surface area contributed by atoms with Crippen LogP contribution in [0.1, 0.15) is 26.2 Å². The molecule has 1 heterocycles. The average molecular weight is 539 g/mol. The summed E-state index contributed by atoms with van der Waals surface area (Å²) in [6.07, 6.45) is 3.45. The summed E-state index contributed by atoms with van der Waals surface area (Å²) in [7, 11) is 1.76. The molecule has 29 heavy (non-hydrogen) atoms. The Labute approximate surface area is 196 Å². The van der Waals surface area contributed by atoms with Crippen molar-refractivity contribution >= 4 is 41.7 Å². The van der Waals surface area contributed by atoms with E-state index in [1.807, 2.05) is 12.1 Å². The van der Waals surface area contributed by atoms with Gasteiger partial charge in [-0.2, -0.15) is 0 Å². The van der Waals surface area contributed by atoms with Gasteiger partial charge in [0.15, 0.2) is 5.96 Å². The first kappa shape index (κ1) is 26.5. The van der Waals surface area contributed by atoms with Crippen molar-refractivity contribution in [1.82, 2.24) is 15.5 Å². The van der Waals surface area contributed by atoms with E-state index >= 15 is 0 Å². The fourth-order valence-corrected chi connectivity index (χ4v) is 4.03. The number of methoxy groups -OCH3 is 1. The summed E-state index contributed by atoms with van der Waals surface area (Å²) in [4.78, 5) is 8.38. The van der Waals surface area contributed by atoms with Gasteiger partial charge in [-0.3, -0.25) is 4.99 Å². The first-order valence-corrected chi connectivity index (χ1v) is 11.3. The van der Waals surface area contributed by atoms with E-state index in [1.54, 1.807) is 18.9 Å². The van der Waals surface area contributed by atoms with Crippen LogP contribution in [-0.2, 0) is 4.74 Å². The number of ether oxygens (including phenoxy) is 1. The van der Waals surface area contributed by atoms with Crippen molar-refractivity contribution in [2.45, 2.75) is 31.1 Å². The number of nitrogens with zero attached hydrogens (tertiary/aromatic N) is 2. The first-order valence-electron chi connectivity index (χ1n) is 10.3. The number of thioether (sulfide) groups is 1. The van der Waals surface area contributed by atoms with Crippen LogP contribution in [0.25, 0.3) is 0 Å². The summed E-state index contributed by atoms with van der Waals surface area (Å²) in [6, 6.07) is 6.69. The average Bonchev–Trinajstić information content (AvgIpc) is 2.72. The third-order valence-electron chi connectivity index (χ3n) is 4.87. The number of aliphatic imine (C=N–C) groups is 1. The third-order valence-corrected chi connectivity index (χ3v) is 5.96. The van der Waals surface area contributed by atoms with Gasteiger partial charge in [0, 0.05) is 38.2 Å². The van der Waals surface area contributed by atoms with Gasteiger partial charge in [0.1, 0.15) is 5.82 Å². The number of nitrogens with one attached hydrogen (secondary N) is 2. The van der Waals surface area contributed by atoms with Crippen LogP contribution in [0.15, 0.2) is 34.2 Å². The number of halogens is 2. The van der Waals surface area contributed by atoms with Gasteiger partial charge in [-0.1, -0.05) is 0 Å². The summed E-state index contributed by atoms with van der Waals surface area (Å²) in [5.41, 5.74) is 0. The Morgan fingerprint density at radius 1 is 1.24 bits per heavy atom. The Morgan fingerprint density at radius 2 is 1.97 bits per heavy atom. The number of guanidine groups is 1. The minimum Gasteiger partial charge on any atom is -0.383 e. The van der Waals surface area contributed by atoms with Crippen LogP contribution in [0.4, 0.5) is 4.39 Å². The molecule has 5 nitrogen and oxygen atoms in total. The maximum atomic E-state index is 12.9. The molecular formula is C21H36FIN4OS. The van der Waals surface area contributed by atoms with Crippen LogP contribution in [0, 0.1) is 11.7 Å². The molecule has 1 saturated heterocycles. The van der Waals surface area contributed by atoms with E-state index in [0.717, 1.165) is 68.9 Å². The maximum absolute atomic E-state index is 12.9. The van der Waals surface area contributed by atoms with Crippen molar-refractivity contribution < 1.29 is 9.13 Å². The molecule has 0 aliphatic carbocycles. The zero-order chi connectivity index (χ0) is 20.0. The summed E-state index contributed by atoms with van der Waals surface area (Å²) < 4.78 is 18.1. The number of benzene rings is 1. The molecular weight excluding hydrogens is 502 g/mol. The fourth-order valence-electron chi connectivity index (χ4n) is 3.17. The highest BCUT2D eigenvalue weighted by molar-refractivity contribution is 14.0. The standard InChI is InChI=1S/C21H35FN4OS.HI/c1-3-23-21(24-11-4-16-28-20-7-5-19(22)6-8-20)25-17-18-9-12-26(13-10-18)14-15-27-2;/h5-8,18H,3-4,9-17H2,1-2H3,(H2,23,24,25);1H. The van der Waals surface area contributed by atoms with Gasteiger partial charge in [0.05, 0.1) is 6.61 Å². The predicted molar refractivity (Wildman–Crippen MR) is 132 cm³/mol. The third kappa shape index (κ3) is 11.4. The van der Waals surface area contributed by atoms with Crippen LogP contribution in [0.3, 0.4) is 0 Å². The number of likely N-dealkylation sites (tertiary alicyclic amines) is 1. The maximum Gasteiger partial charge on any atom is 0.191 e. The molecule has 0 spiro atoms. The second-order valence-corrected chi connectivity index (χ2v) is 8.25. The summed E-state index contributed by atoms with van der Waals surface area (Å²) in [5.74, 6) is 2.40. The van der Waals surface area contributed by atoms with Crippen LogP contribution in [0.2, 0.25) is 0 Å². The SMILES string of the molecule is CCNC(=NCC1CCN(CCOC)CC1)NCCCSc1ccc(F)cc1.I. The normalized spacial score (nSPS) is 15.8. The van der Waals surface area contributed by atoms with Gasteiger partial charge in [0.2, 0.25) is 0 Å². The van der Waals surface area contributed by atoms with Gasteiger partial charge in [-0.15, -0.1) is 35.7 Å². The lowest BCUT2D eigenvalue weighted by molar-refractivity contribution is 0.121. The molecule has 0 aromatic heterocycles. The van der Waals surface area contributed by atoms with E-state index in [9.17, 15) is 4.39 Å². The summed E-state index contributed by atoms with van der Waals surface area (Å²) in [5, 5.41) is 6.77. The molecule has 0 atom stereocenters. The van der Waals surface area contributed by atoms with Crippen molar-refractivity contribution in [1.29, 1.82) is 0 Å². The zero-order valence-corrected chi connectivity index (χ0v) is 20.8. The van der Waals surface area contributed by atoms with Crippen LogP contribution in [0.5, 0.6) is 0 Å². The van der Waals surface area contributed by atoms with Crippen LogP contribution < -0.4 is 10.6 Å². The molecule has 1 fully saturated rings. The zero-order valence-electron chi connectivity index (χ0n) is 17.7. The number of piperidine rings is 1. The van der Waals surface area contributed by atoms with Crippen molar-refractivity contribution in [3.05, 3.63) is 30.1 Å². The van der Waals surface area contributed by atoms with Crippen LogP contribution in [-0.4, -0.2) is 69.6 Å². The Bertz CT molecular complexity index is 568. The lowest BCUT2D eigenvalue weighted by Gasteiger charge is -2.31. The first-order chi connectivity index (χ1) is 13.7. The largest absolute Gasteiger partial charge is 0.383 e. The second-order valence-electron chi connectivity index (χ2n) is 7.08. The molecule has 0 bridgehead atoms. The minimum atomic E-state index is -0.182. The molecule has 2 rings (SSSR count). The smallest absolute Gasteiger partial charge is 0.191 e. The van der Waals surface area contributed by atoms with Crippen LogP contribution >= 0.6 is 35.7 Å². The number of rotatable bonds is 11. The molecule has 1 aromatic rings. The Hall–Kier alpha value is -0.580. The van der Waals surface area contributed by atoms with E-state index < -0.39 is 0 Å². The fraction of sp³-hybridized carbons (Fsp3) is 0.667. The lowest BCUT2D eigenvalue weighted by atomic mass is 9.97. The number of hydrogen-bond acceptors (Lipinski definition) is 4. The summed E-state index contributed by atoms with van der Waals surface area (Å²) in [6.45, 7) is 8.88. The van der Waals surface area contributed by atoms with E-state index in [1.165, 1.54) is 25.0 Å². The van der Waals surface area contributed by atoms with Gasteiger partial charge in [-0.25, -0.2) is 4.39 Å². The van der Waals surface area contributed by atoms with Gasteiger partial charge in [-0.05, 0) is 75.2 Å². The van der Waals surface area contributed by atoms with E-state index in [-0.39, 0.29) is 29.8 Å². The van der Waals surface area contributed by atoms with Crippen molar-refractivity contribution in [3.8, 4) is 0 Å². The van der Waals surface area contributed by atoms with E-state index in [0.29, 0.717) is 5.92 Å². The van der Waals surface area contributed by atoms with E-state index in [2.05, 4.69) is 22.5 Å². The molecule has 2 N–H and O–H groups in total. The summed E-state index contributed by atoms with van der Waals surface area (Å²) >= 11 is 1.76. The highest BCUT2D eigenvalue weighted by atomic mass is 127. The van der Waals surface area contributed by atoms with Gasteiger partial charge < -0.3 is 20.3 Å². The second kappa shape index (κ2) is 16.2. The predicted octanol–water partition coefficient (Wildman–Crippen LogP) is 3.84. The van der Waals surface area contributed by atoms with Gasteiger partial charge >= 0.3 is 0 Å². The molecule has 0 radical (unpaired) electrons. The van der Waals surface area contributed by atoms with Crippen molar-refractivity contribution in [2.24, 2.45) is 10.9 Å². The number of hydrogen-bond donors (Lipinski definition) is 2. The molecule has 0 amide bonds. The molecule has 0 saturated carbocycles. The van der Waals surface area contributed by atoms with Gasteiger partial charge in [0.25, 0.3) is 0 Å². The molecule has 1 aromatic carbocycles. The highest BCUT2D eigenvalue weighted by Gasteiger charge is 2.18. The molecule has 0 unspecified atom stereocenters. The minimum absolute atomic E-state index is 0. The van der Waals surface area contributed by atoms with Crippen molar-refractivity contribution in [3.63, 3.8) is 0 Å². The molecule has 166 valence electrons. The Balaban J connectivity index is 0.00000420. The quantitative estimate of drug-likeness (QED) is 0.148. The van der Waals surface area contributed by atoms with Crippen molar-refractivity contribution in [2.75, 3.05) is 58.7 Å². The topological polar surface area (TPSA) is 48.9 Å². The molecule has 1 aliphatic heterocycles. The Morgan fingerprint density at radius 3 is 2.62 bits per heavy atom. The monoisotopic (exact) mass is 538 g/mol. The lowest BCUT2D eigenvalue weighted by Crippen LogP contribution is -2.39. The Kier molecular flexibility index (Phi) is 14.7. The highest BCUT2D eigenvalue weighted by Crippen LogP contribution is 2.19. The molecule has 1 aliphatic rings.